The van der Waals surface area contributed by atoms with Gasteiger partial charge in [0.25, 0.3) is 0 Å². The largest absolute Gasteiger partial charge is 0.245 e. The Hall–Kier alpha value is -0.663. The van der Waals surface area contributed by atoms with Crippen LogP contribution in [-0.2, 0) is 0 Å². The molecule has 0 N–H and O–H groups in total. The second-order valence-electron chi connectivity index (χ2n) is 5.87. The topological polar surface area (TPSA) is 25.8 Å². The van der Waals surface area contributed by atoms with E-state index in [0.29, 0.717) is 16.6 Å². The minimum Gasteiger partial charge on any atom is -0.245 e. The fourth-order valence-electron chi connectivity index (χ4n) is 2.98. The van der Waals surface area contributed by atoms with Crippen molar-refractivity contribution in [3.8, 4) is 11.5 Å². The van der Waals surface area contributed by atoms with Gasteiger partial charge in [0, 0.05) is 0 Å². The molecular formula is C15H23BrN2Si. The van der Waals surface area contributed by atoms with Crippen LogP contribution in [0.1, 0.15) is 47.2 Å². The molecule has 0 aliphatic rings. The molecule has 0 atom stereocenters. The lowest BCUT2D eigenvalue weighted by Crippen LogP contribution is -2.43. The summed E-state index contributed by atoms with van der Waals surface area (Å²) in [5.41, 5.74) is 6.33. The zero-order valence-corrected chi connectivity index (χ0v) is 15.2. The number of aromatic nitrogens is 2. The number of hydrogen-bond acceptors (Lipinski definition) is 2. The maximum Gasteiger partial charge on any atom is 0.146 e. The van der Waals surface area contributed by atoms with Crippen LogP contribution in [-0.4, -0.2) is 18.0 Å². The second kappa shape index (κ2) is 6.67. The SMILES string of the molecule is CC(C)[Si](C#Cc1cnc(Br)cn1)(C(C)C)C(C)C. The van der Waals surface area contributed by atoms with E-state index in [-0.39, 0.29) is 0 Å². The van der Waals surface area contributed by atoms with Crippen LogP contribution in [0.3, 0.4) is 0 Å². The number of halogens is 1. The molecule has 0 amide bonds. The average molecular weight is 339 g/mol. The Labute approximate surface area is 126 Å². The van der Waals surface area contributed by atoms with Gasteiger partial charge in [0.05, 0.1) is 12.4 Å². The van der Waals surface area contributed by atoms with Gasteiger partial charge in [-0.05, 0) is 32.6 Å². The van der Waals surface area contributed by atoms with Gasteiger partial charge < -0.3 is 0 Å². The van der Waals surface area contributed by atoms with Crippen LogP contribution in [0.25, 0.3) is 0 Å². The summed E-state index contributed by atoms with van der Waals surface area (Å²) < 4.78 is 0.748. The monoisotopic (exact) mass is 338 g/mol. The fraction of sp³-hybridized carbons (Fsp3) is 0.600. The summed E-state index contributed by atoms with van der Waals surface area (Å²) in [7, 11) is -1.66. The number of rotatable bonds is 3. The summed E-state index contributed by atoms with van der Waals surface area (Å²) in [6.07, 6.45) is 3.44. The van der Waals surface area contributed by atoms with E-state index in [0.717, 1.165) is 10.3 Å². The van der Waals surface area contributed by atoms with E-state index in [1.54, 1.807) is 12.4 Å². The molecule has 1 heterocycles. The van der Waals surface area contributed by atoms with Gasteiger partial charge in [0.2, 0.25) is 0 Å². The van der Waals surface area contributed by atoms with E-state index in [4.69, 9.17) is 0 Å². The molecule has 0 aliphatic carbocycles. The lowest BCUT2D eigenvalue weighted by atomic mass is 10.5. The second-order valence-corrected chi connectivity index (χ2v) is 12.3. The van der Waals surface area contributed by atoms with Crippen molar-refractivity contribution in [2.24, 2.45) is 0 Å². The zero-order valence-electron chi connectivity index (χ0n) is 12.7. The van der Waals surface area contributed by atoms with E-state index in [9.17, 15) is 0 Å². The summed E-state index contributed by atoms with van der Waals surface area (Å²) in [5, 5.41) is 0. The molecule has 0 bridgehead atoms. The fourth-order valence-corrected chi connectivity index (χ4v) is 8.40. The molecule has 0 saturated carbocycles. The Bertz CT molecular complexity index is 447. The van der Waals surface area contributed by atoms with Crippen molar-refractivity contribution >= 4 is 24.0 Å². The van der Waals surface area contributed by atoms with Crippen LogP contribution in [0.5, 0.6) is 0 Å². The highest BCUT2D eigenvalue weighted by Crippen LogP contribution is 2.40. The van der Waals surface area contributed by atoms with Crippen LogP contribution >= 0.6 is 15.9 Å². The van der Waals surface area contributed by atoms with Gasteiger partial charge in [0.15, 0.2) is 0 Å². The van der Waals surface area contributed by atoms with Crippen molar-refractivity contribution < 1.29 is 0 Å². The third kappa shape index (κ3) is 3.67. The van der Waals surface area contributed by atoms with Gasteiger partial charge >= 0.3 is 0 Å². The van der Waals surface area contributed by atoms with Gasteiger partial charge in [-0.2, -0.15) is 0 Å². The van der Waals surface area contributed by atoms with Crippen LogP contribution in [0, 0.1) is 11.5 Å². The van der Waals surface area contributed by atoms with Crippen LogP contribution in [0.2, 0.25) is 16.6 Å². The molecule has 0 aromatic carbocycles. The third-order valence-corrected chi connectivity index (χ3v) is 10.6. The predicted octanol–water partition coefficient (Wildman–Crippen LogP) is 4.81. The van der Waals surface area contributed by atoms with E-state index in [1.165, 1.54) is 0 Å². The van der Waals surface area contributed by atoms with Crippen molar-refractivity contribution in [1.82, 2.24) is 9.97 Å². The number of nitrogens with zero attached hydrogens (tertiary/aromatic N) is 2. The molecule has 0 radical (unpaired) electrons. The Morgan fingerprint density at radius 2 is 1.47 bits per heavy atom. The molecule has 104 valence electrons. The summed E-state index contributed by atoms with van der Waals surface area (Å²) in [5.74, 6) is 3.27. The Balaban J connectivity index is 3.19. The number of hydrogen-bond donors (Lipinski definition) is 0. The summed E-state index contributed by atoms with van der Waals surface area (Å²) in [6, 6.07) is 0. The Morgan fingerprint density at radius 1 is 0.947 bits per heavy atom. The normalized spacial score (nSPS) is 11.9. The lowest BCUT2D eigenvalue weighted by Gasteiger charge is -2.38. The van der Waals surface area contributed by atoms with Crippen molar-refractivity contribution in [1.29, 1.82) is 0 Å². The highest BCUT2D eigenvalue weighted by Gasteiger charge is 2.41. The first kappa shape index (κ1) is 16.4. The third-order valence-electron chi connectivity index (χ3n) is 3.89. The molecule has 0 saturated heterocycles. The summed E-state index contributed by atoms with van der Waals surface area (Å²) >= 11 is 3.29. The standard InChI is InChI=1S/C15H23BrN2Si/c1-11(2)19(12(3)4,13(5)6)8-7-14-9-18-15(16)10-17-14/h9-13H,1-6H3. The average Bonchev–Trinajstić information content (AvgIpc) is 2.30. The van der Waals surface area contributed by atoms with Crippen molar-refractivity contribution in [3.05, 3.63) is 22.7 Å². The maximum absolute atomic E-state index is 4.30. The molecule has 0 fully saturated rings. The first-order chi connectivity index (χ1) is 8.80. The molecule has 0 spiro atoms. The van der Waals surface area contributed by atoms with Gasteiger partial charge in [-0.3, -0.25) is 0 Å². The Kier molecular flexibility index (Phi) is 5.75. The quantitative estimate of drug-likeness (QED) is 0.583. The first-order valence-electron chi connectivity index (χ1n) is 6.81. The lowest BCUT2D eigenvalue weighted by molar-refractivity contribution is 0.838. The van der Waals surface area contributed by atoms with Gasteiger partial charge in [0.1, 0.15) is 18.4 Å². The summed E-state index contributed by atoms with van der Waals surface area (Å²) in [6.45, 7) is 13.9. The van der Waals surface area contributed by atoms with Gasteiger partial charge in [-0.15, -0.1) is 5.54 Å². The zero-order chi connectivity index (χ0) is 14.6. The van der Waals surface area contributed by atoms with Gasteiger partial charge in [-0.25, -0.2) is 9.97 Å². The van der Waals surface area contributed by atoms with E-state index < -0.39 is 8.07 Å². The molecule has 1 aromatic rings. The first-order valence-corrected chi connectivity index (χ1v) is 9.84. The highest BCUT2D eigenvalue weighted by molar-refractivity contribution is 9.10. The minimum absolute atomic E-state index is 0.642. The Morgan fingerprint density at radius 3 is 1.84 bits per heavy atom. The molecule has 0 aliphatic heterocycles. The molecule has 1 rings (SSSR count). The molecule has 2 nitrogen and oxygen atoms in total. The highest BCUT2D eigenvalue weighted by atomic mass is 79.9. The molecule has 0 unspecified atom stereocenters. The van der Waals surface area contributed by atoms with E-state index >= 15 is 0 Å². The molecule has 4 heteroatoms. The van der Waals surface area contributed by atoms with Crippen LogP contribution in [0.15, 0.2) is 17.0 Å². The van der Waals surface area contributed by atoms with Gasteiger partial charge in [-0.1, -0.05) is 47.5 Å². The smallest absolute Gasteiger partial charge is 0.146 e. The summed E-state index contributed by atoms with van der Waals surface area (Å²) in [4.78, 5) is 8.48. The predicted molar refractivity (Wildman–Crippen MR) is 87.7 cm³/mol. The van der Waals surface area contributed by atoms with Crippen molar-refractivity contribution in [3.63, 3.8) is 0 Å². The van der Waals surface area contributed by atoms with Crippen LogP contribution in [0.4, 0.5) is 0 Å². The molecule has 19 heavy (non-hydrogen) atoms. The maximum atomic E-state index is 4.30. The van der Waals surface area contributed by atoms with E-state index in [1.807, 2.05) is 0 Å². The van der Waals surface area contributed by atoms with Crippen molar-refractivity contribution in [2.75, 3.05) is 0 Å². The molecule has 1 aromatic heterocycles. The van der Waals surface area contributed by atoms with Crippen LogP contribution < -0.4 is 0 Å². The minimum atomic E-state index is -1.66. The van der Waals surface area contributed by atoms with Crippen molar-refractivity contribution in [2.45, 2.75) is 58.2 Å². The van der Waals surface area contributed by atoms with E-state index in [2.05, 4.69) is 78.9 Å². The molecular weight excluding hydrogens is 316 g/mol.